The monoisotopic (exact) mass is 448 g/mol. The van der Waals surface area contributed by atoms with E-state index in [2.05, 4.69) is 43.0 Å². The molecule has 32 heavy (non-hydrogen) atoms. The van der Waals surface area contributed by atoms with Crippen molar-refractivity contribution in [3.8, 4) is 0 Å². The molecule has 0 aromatic heterocycles. The van der Waals surface area contributed by atoms with Crippen LogP contribution in [0.1, 0.15) is 162 Å². The Kier molecular flexibility index (Phi) is 20.3. The highest BCUT2D eigenvalue weighted by Gasteiger charge is 2.24. The highest BCUT2D eigenvalue weighted by Crippen LogP contribution is 2.24. The summed E-state index contributed by atoms with van der Waals surface area (Å²) in [6.07, 6.45) is 36.5. The summed E-state index contributed by atoms with van der Waals surface area (Å²) in [4.78, 5) is 5.35. The van der Waals surface area contributed by atoms with Crippen molar-refractivity contribution < 1.29 is 0 Å². The number of nitrogens with zero attached hydrogens (tertiary/aromatic N) is 2. The summed E-state index contributed by atoms with van der Waals surface area (Å²) in [5.41, 5.74) is 0. The van der Waals surface area contributed by atoms with Crippen LogP contribution in [0.25, 0.3) is 0 Å². The molecule has 1 aliphatic rings. The van der Waals surface area contributed by atoms with Crippen LogP contribution in [0.5, 0.6) is 0 Å². The Morgan fingerprint density at radius 3 is 1.12 bits per heavy atom. The van der Waals surface area contributed by atoms with Crippen LogP contribution in [-0.2, 0) is 0 Å². The molecule has 0 fully saturated rings. The van der Waals surface area contributed by atoms with E-state index in [9.17, 15) is 0 Å². The van der Waals surface area contributed by atoms with Crippen molar-refractivity contribution >= 4 is 0 Å². The topological polar surface area (TPSA) is 6.48 Å². The van der Waals surface area contributed by atoms with E-state index in [1.54, 1.807) is 0 Å². The first kappa shape index (κ1) is 29.4. The highest BCUT2D eigenvalue weighted by atomic mass is 15.4. The van der Waals surface area contributed by atoms with Gasteiger partial charge in [-0.25, -0.2) is 0 Å². The third-order valence-electron chi connectivity index (χ3n) is 7.32. The molecule has 0 saturated heterocycles. The summed E-state index contributed by atoms with van der Waals surface area (Å²) < 4.78 is 0. The lowest BCUT2D eigenvalue weighted by Crippen LogP contribution is -2.39. The average molecular weight is 449 g/mol. The predicted molar refractivity (Wildman–Crippen MR) is 145 cm³/mol. The van der Waals surface area contributed by atoms with E-state index in [-0.39, 0.29) is 0 Å². The molecule has 0 aliphatic carbocycles. The van der Waals surface area contributed by atoms with Crippen LogP contribution in [0, 0.1) is 0 Å². The van der Waals surface area contributed by atoms with Gasteiger partial charge in [0.2, 0.25) is 0 Å². The Bertz CT molecular complexity index is 406. The largest absolute Gasteiger partial charge is 0.356 e. The maximum atomic E-state index is 2.68. The molecule has 0 aromatic carbocycles. The van der Waals surface area contributed by atoms with Gasteiger partial charge in [-0.05, 0) is 25.7 Å². The third-order valence-corrected chi connectivity index (χ3v) is 7.32. The molecule has 0 radical (unpaired) electrons. The maximum Gasteiger partial charge on any atom is 0.101 e. The fourth-order valence-corrected chi connectivity index (χ4v) is 5.13. The van der Waals surface area contributed by atoms with Gasteiger partial charge in [-0.15, -0.1) is 0 Å². The van der Waals surface area contributed by atoms with Gasteiger partial charge in [0.05, 0.1) is 0 Å². The zero-order valence-electron chi connectivity index (χ0n) is 22.6. The summed E-state index contributed by atoms with van der Waals surface area (Å²) in [6, 6.07) is 0. The quantitative estimate of drug-likeness (QED) is 0.135. The van der Waals surface area contributed by atoms with Crippen molar-refractivity contribution in [2.75, 3.05) is 13.1 Å². The van der Waals surface area contributed by atoms with Crippen LogP contribution in [0.15, 0.2) is 12.4 Å². The fourth-order valence-electron chi connectivity index (χ4n) is 5.13. The second-order valence-electron chi connectivity index (χ2n) is 10.4. The van der Waals surface area contributed by atoms with Crippen LogP contribution in [0.2, 0.25) is 0 Å². The summed E-state index contributed by atoms with van der Waals surface area (Å²) in [6.45, 7) is 9.45. The average Bonchev–Trinajstić information content (AvgIpc) is 3.19. The van der Waals surface area contributed by atoms with E-state index in [0.717, 1.165) is 0 Å². The first-order valence-electron chi connectivity index (χ1n) is 15.0. The summed E-state index contributed by atoms with van der Waals surface area (Å²) >= 11 is 0. The van der Waals surface area contributed by atoms with Crippen molar-refractivity contribution in [1.82, 2.24) is 9.80 Å². The molecule has 2 nitrogen and oxygen atoms in total. The normalized spacial score (nSPS) is 15.9. The molecule has 0 spiro atoms. The fraction of sp³-hybridized carbons (Fsp3) is 0.933. The number of hydrogen-bond donors (Lipinski definition) is 0. The lowest BCUT2D eigenvalue weighted by molar-refractivity contribution is 0.135. The minimum absolute atomic E-state index is 0.644. The zero-order chi connectivity index (χ0) is 23.1. The molecule has 1 aliphatic heterocycles. The van der Waals surface area contributed by atoms with E-state index < -0.39 is 0 Å². The molecule has 0 amide bonds. The Morgan fingerprint density at radius 2 is 0.719 bits per heavy atom. The van der Waals surface area contributed by atoms with Crippen molar-refractivity contribution in [2.24, 2.45) is 0 Å². The van der Waals surface area contributed by atoms with Crippen LogP contribution < -0.4 is 0 Å². The van der Waals surface area contributed by atoms with Crippen molar-refractivity contribution in [3.05, 3.63) is 12.4 Å². The Labute approximate surface area is 203 Å². The van der Waals surface area contributed by atoms with Crippen molar-refractivity contribution in [1.29, 1.82) is 0 Å². The Morgan fingerprint density at radius 1 is 0.406 bits per heavy atom. The van der Waals surface area contributed by atoms with Gasteiger partial charge in [-0.1, -0.05) is 136 Å². The van der Waals surface area contributed by atoms with Gasteiger partial charge >= 0.3 is 0 Å². The number of unbranched alkanes of at least 4 members (excludes halogenated alkanes) is 18. The highest BCUT2D eigenvalue weighted by molar-refractivity contribution is 4.97. The second-order valence-corrected chi connectivity index (χ2v) is 10.4. The second kappa shape index (κ2) is 22.1. The van der Waals surface area contributed by atoms with E-state index in [1.165, 1.54) is 154 Å². The lowest BCUT2D eigenvalue weighted by atomic mass is 10.1. The summed E-state index contributed by atoms with van der Waals surface area (Å²) in [5.74, 6) is 0. The smallest absolute Gasteiger partial charge is 0.101 e. The van der Waals surface area contributed by atoms with Gasteiger partial charge in [0.25, 0.3) is 0 Å². The number of hydrogen-bond acceptors (Lipinski definition) is 2. The molecule has 0 aromatic rings. The lowest BCUT2D eigenvalue weighted by Gasteiger charge is -2.33. The first-order chi connectivity index (χ1) is 15.8. The molecule has 0 saturated carbocycles. The van der Waals surface area contributed by atoms with Gasteiger partial charge in [0.15, 0.2) is 0 Å². The first-order valence-corrected chi connectivity index (χ1v) is 15.0. The van der Waals surface area contributed by atoms with Crippen LogP contribution >= 0.6 is 0 Å². The third kappa shape index (κ3) is 15.2. The molecule has 2 heteroatoms. The van der Waals surface area contributed by atoms with Crippen LogP contribution in [0.4, 0.5) is 0 Å². The van der Waals surface area contributed by atoms with E-state index in [0.29, 0.717) is 6.17 Å². The van der Waals surface area contributed by atoms with Gasteiger partial charge in [-0.3, -0.25) is 0 Å². The predicted octanol–water partition coefficient (Wildman–Crippen LogP) is 10.0. The molecular weight excluding hydrogens is 388 g/mol. The van der Waals surface area contributed by atoms with Crippen molar-refractivity contribution in [2.45, 2.75) is 168 Å². The van der Waals surface area contributed by atoms with Crippen LogP contribution in [0.3, 0.4) is 0 Å². The number of rotatable bonds is 24. The van der Waals surface area contributed by atoms with Crippen LogP contribution in [-0.4, -0.2) is 29.1 Å². The maximum absolute atomic E-state index is 2.68. The van der Waals surface area contributed by atoms with E-state index in [1.807, 2.05) is 0 Å². The van der Waals surface area contributed by atoms with Gasteiger partial charge in [0.1, 0.15) is 6.17 Å². The zero-order valence-corrected chi connectivity index (χ0v) is 22.6. The van der Waals surface area contributed by atoms with Gasteiger partial charge < -0.3 is 9.80 Å². The molecule has 0 N–H and O–H groups in total. The van der Waals surface area contributed by atoms with Gasteiger partial charge in [-0.2, -0.15) is 0 Å². The molecule has 1 rings (SSSR count). The minimum Gasteiger partial charge on any atom is -0.356 e. The minimum atomic E-state index is 0.644. The summed E-state index contributed by atoms with van der Waals surface area (Å²) in [7, 11) is 0. The van der Waals surface area contributed by atoms with Crippen molar-refractivity contribution in [3.63, 3.8) is 0 Å². The molecule has 1 heterocycles. The van der Waals surface area contributed by atoms with E-state index >= 15 is 0 Å². The molecule has 0 bridgehead atoms. The summed E-state index contributed by atoms with van der Waals surface area (Å²) in [5, 5.41) is 0. The van der Waals surface area contributed by atoms with E-state index in [4.69, 9.17) is 0 Å². The molecule has 190 valence electrons. The Balaban J connectivity index is 2.24. The SMILES string of the molecule is CCCCCCCCCCCC1N(CCCCCC)C=CN1CCCCCCCCCC. The van der Waals surface area contributed by atoms with Gasteiger partial charge in [0, 0.05) is 25.5 Å². The molecule has 1 atom stereocenters. The molecular formula is C30H60N2. The Hall–Kier alpha value is -0.660. The standard InChI is InChI=1S/C30H60N2/c1-4-7-10-13-15-17-18-20-22-25-30-31(26-23-12-9-6-3)28-29-32(30)27-24-21-19-16-14-11-8-5-2/h28-30H,4-27H2,1-3H3. The molecule has 1 unspecified atom stereocenters.